The minimum atomic E-state index is -0.237. The SMILES string of the molecule is CCn1ncc(Cl)c1CN(C)C(=O)c1ccn(COc2cccc(Cl)c2Cl)n1. The fraction of sp³-hybridized carbons (Fsp3) is 0.278. The summed E-state index contributed by atoms with van der Waals surface area (Å²) in [7, 11) is 1.69. The van der Waals surface area contributed by atoms with Gasteiger partial charge in [-0.2, -0.15) is 10.2 Å². The third kappa shape index (κ3) is 4.43. The van der Waals surface area contributed by atoms with Crippen LogP contribution >= 0.6 is 34.8 Å². The van der Waals surface area contributed by atoms with Crippen molar-refractivity contribution in [2.45, 2.75) is 26.7 Å². The lowest BCUT2D eigenvalue weighted by atomic mass is 10.3. The van der Waals surface area contributed by atoms with Crippen molar-refractivity contribution in [1.82, 2.24) is 24.5 Å². The van der Waals surface area contributed by atoms with Gasteiger partial charge in [-0.05, 0) is 25.1 Å². The van der Waals surface area contributed by atoms with Gasteiger partial charge in [0.2, 0.25) is 0 Å². The molecule has 1 aromatic carbocycles. The minimum Gasteiger partial charge on any atom is -0.470 e. The molecule has 0 unspecified atom stereocenters. The Morgan fingerprint density at radius 3 is 2.75 bits per heavy atom. The summed E-state index contributed by atoms with van der Waals surface area (Å²) in [6.45, 7) is 3.04. The highest BCUT2D eigenvalue weighted by Crippen LogP contribution is 2.31. The van der Waals surface area contributed by atoms with E-state index in [0.717, 1.165) is 5.69 Å². The van der Waals surface area contributed by atoms with Gasteiger partial charge in [0.25, 0.3) is 5.91 Å². The van der Waals surface area contributed by atoms with Gasteiger partial charge in [0, 0.05) is 19.8 Å². The van der Waals surface area contributed by atoms with E-state index >= 15 is 0 Å². The molecule has 0 aliphatic carbocycles. The Morgan fingerprint density at radius 2 is 2.00 bits per heavy atom. The predicted molar refractivity (Wildman–Crippen MR) is 108 cm³/mol. The monoisotopic (exact) mass is 441 g/mol. The van der Waals surface area contributed by atoms with E-state index in [0.29, 0.717) is 39.6 Å². The van der Waals surface area contributed by atoms with Crippen LogP contribution in [0.4, 0.5) is 0 Å². The fourth-order valence-corrected chi connectivity index (χ4v) is 3.14. The molecule has 7 nitrogen and oxygen atoms in total. The summed E-state index contributed by atoms with van der Waals surface area (Å²) < 4.78 is 8.88. The molecule has 1 amide bonds. The van der Waals surface area contributed by atoms with Crippen LogP contribution in [0.15, 0.2) is 36.7 Å². The van der Waals surface area contributed by atoms with Crippen molar-refractivity contribution in [3.8, 4) is 5.75 Å². The smallest absolute Gasteiger partial charge is 0.274 e. The molecule has 0 saturated heterocycles. The second-order valence-electron chi connectivity index (χ2n) is 5.98. The van der Waals surface area contributed by atoms with Gasteiger partial charge >= 0.3 is 0 Å². The first-order valence-electron chi connectivity index (χ1n) is 8.46. The van der Waals surface area contributed by atoms with Crippen LogP contribution in [0.3, 0.4) is 0 Å². The number of benzene rings is 1. The Kier molecular flexibility index (Phi) is 6.49. The van der Waals surface area contributed by atoms with Crippen molar-refractivity contribution in [3.05, 3.63) is 63.1 Å². The highest BCUT2D eigenvalue weighted by molar-refractivity contribution is 6.42. The predicted octanol–water partition coefficient (Wildman–Crippen LogP) is 4.37. The van der Waals surface area contributed by atoms with Gasteiger partial charge < -0.3 is 9.64 Å². The molecule has 0 spiro atoms. The summed E-state index contributed by atoms with van der Waals surface area (Å²) in [5.41, 5.74) is 1.07. The fourth-order valence-electron chi connectivity index (χ4n) is 2.59. The van der Waals surface area contributed by atoms with Crippen LogP contribution in [0.1, 0.15) is 23.1 Å². The average Bonchev–Trinajstić information content (AvgIpc) is 3.29. The van der Waals surface area contributed by atoms with Crippen molar-refractivity contribution in [2.75, 3.05) is 7.05 Å². The molecule has 3 aromatic rings. The third-order valence-corrected chi connectivity index (χ3v) is 5.18. The number of hydrogen-bond donors (Lipinski definition) is 0. The molecule has 0 saturated carbocycles. The van der Waals surface area contributed by atoms with E-state index in [4.69, 9.17) is 39.5 Å². The lowest BCUT2D eigenvalue weighted by Crippen LogP contribution is -2.28. The van der Waals surface area contributed by atoms with Crippen LogP contribution in [-0.4, -0.2) is 37.4 Å². The second kappa shape index (κ2) is 8.86. The van der Waals surface area contributed by atoms with Gasteiger partial charge in [0.15, 0.2) is 12.4 Å². The molecule has 0 atom stereocenters. The van der Waals surface area contributed by atoms with Gasteiger partial charge in [0.1, 0.15) is 10.8 Å². The number of carbonyl (C=O) groups excluding carboxylic acids is 1. The number of halogens is 3. The number of rotatable bonds is 7. The summed E-state index contributed by atoms with van der Waals surface area (Å²) in [5, 5.41) is 9.70. The third-order valence-electron chi connectivity index (χ3n) is 4.06. The summed E-state index contributed by atoms with van der Waals surface area (Å²) in [4.78, 5) is 14.2. The lowest BCUT2D eigenvalue weighted by Gasteiger charge is -2.17. The van der Waals surface area contributed by atoms with E-state index < -0.39 is 0 Å². The maximum absolute atomic E-state index is 12.7. The molecule has 2 aromatic heterocycles. The molecule has 3 rings (SSSR count). The van der Waals surface area contributed by atoms with E-state index in [2.05, 4.69) is 10.2 Å². The molecule has 0 N–H and O–H groups in total. The molecule has 2 heterocycles. The Morgan fingerprint density at radius 1 is 1.21 bits per heavy atom. The molecule has 10 heteroatoms. The summed E-state index contributed by atoms with van der Waals surface area (Å²) in [6, 6.07) is 6.75. The maximum atomic E-state index is 12.7. The number of aromatic nitrogens is 4. The first-order valence-corrected chi connectivity index (χ1v) is 9.60. The van der Waals surface area contributed by atoms with E-state index in [1.807, 2.05) is 6.92 Å². The molecule has 0 aliphatic heterocycles. The summed E-state index contributed by atoms with van der Waals surface area (Å²) in [5.74, 6) is 0.205. The van der Waals surface area contributed by atoms with Crippen molar-refractivity contribution in [1.29, 1.82) is 0 Å². The number of nitrogens with zero attached hydrogens (tertiary/aromatic N) is 5. The molecule has 28 heavy (non-hydrogen) atoms. The zero-order valence-electron chi connectivity index (χ0n) is 15.3. The zero-order chi connectivity index (χ0) is 20.3. The van der Waals surface area contributed by atoms with Crippen LogP contribution < -0.4 is 4.74 Å². The highest BCUT2D eigenvalue weighted by Gasteiger charge is 2.18. The maximum Gasteiger partial charge on any atom is 0.274 e. The summed E-state index contributed by atoms with van der Waals surface area (Å²) in [6.07, 6.45) is 3.23. The Hall–Kier alpha value is -2.22. The number of aryl methyl sites for hydroxylation is 1. The quantitative estimate of drug-likeness (QED) is 0.545. The largest absolute Gasteiger partial charge is 0.470 e. The van der Waals surface area contributed by atoms with Crippen molar-refractivity contribution in [2.24, 2.45) is 0 Å². The minimum absolute atomic E-state index is 0.0888. The highest BCUT2D eigenvalue weighted by atomic mass is 35.5. The normalized spacial score (nSPS) is 10.9. The number of hydrogen-bond acceptors (Lipinski definition) is 4. The van der Waals surface area contributed by atoms with Crippen LogP contribution in [0.5, 0.6) is 5.75 Å². The lowest BCUT2D eigenvalue weighted by molar-refractivity contribution is 0.0773. The number of carbonyl (C=O) groups is 1. The Balaban J connectivity index is 1.65. The molecule has 0 bridgehead atoms. The Bertz CT molecular complexity index is 986. The van der Waals surface area contributed by atoms with E-state index in [9.17, 15) is 4.79 Å². The van der Waals surface area contributed by atoms with Crippen LogP contribution in [-0.2, 0) is 19.8 Å². The standard InChI is InChI=1S/C18H18Cl3N5O2/c1-3-26-15(13(20)9-22-26)10-24(2)18(27)14-7-8-25(23-14)11-28-16-6-4-5-12(19)17(16)21/h4-9H,3,10-11H2,1-2H3. The van der Waals surface area contributed by atoms with Gasteiger partial charge in [-0.25, -0.2) is 4.68 Å². The second-order valence-corrected chi connectivity index (χ2v) is 7.17. The van der Waals surface area contributed by atoms with Crippen LogP contribution in [0.2, 0.25) is 15.1 Å². The summed E-state index contributed by atoms with van der Waals surface area (Å²) >= 11 is 18.2. The van der Waals surface area contributed by atoms with E-state index in [1.54, 1.807) is 48.4 Å². The molecular weight excluding hydrogens is 425 g/mol. The van der Waals surface area contributed by atoms with Gasteiger partial charge in [-0.1, -0.05) is 40.9 Å². The molecular formula is C18H18Cl3N5O2. The molecule has 148 valence electrons. The van der Waals surface area contributed by atoms with Crippen molar-refractivity contribution in [3.63, 3.8) is 0 Å². The first-order chi connectivity index (χ1) is 13.4. The topological polar surface area (TPSA) is 65.2 Å². The molecule has 0 aliphatic rings. The van der Waals surface area contributed by atoms with Gasteiger partial charge in [-0.15, -0.1) is 0 Å². The van der Waals surface area contributed by atoms with Gasteiger partial charge in [-0.3, -0.25) is 9.48 Å². The molecule has 0 fully saturated rings. The van der Waals surface area contributed by atoms with E-state index in [-0.39, 0.29) is 12.6 Å². The van der Waals surface area contributed by atoms with Crippen molar-refractivity contribution >= 4 is 40.7 Å². The van der Waals surface area contributed by atoms with Crippen LogP contribution in [0.25, 0.3) is 0 Å². The number of amides is 1. The number of ether oxygens (including phenoxy) is 1. The van der Waals surface area contributed by atoms with Crippen molar-refractivity contribution < 1.29 is 9.53 Å². The molecule has 0 radical (unpaired) electrons. The van der Waals surface area contributed by atoms with Crippen LogP contribution in [0, 0.1) is 0 Å². The van der Waals surface area contributed by atoms with E-state index in [1.165, 1.54) is 9.58 Å². The first kappa shape index (κ1) is 20.5. The zero-order valence-corrected chi connectivity index (χ0v) is 17.5. The average molecular weight is 443 g/mol. The van der Waals surface area contributed by atoms with Gasteiger partial charge in [0.05, 0.1) is 28.5 Å². The Labute approximate surface area is 177 Å².